The lowest BCUT2D eigenvalue weighted by atomic mass is 10.2. The Bertz CT molecular complexity index is 387. The van der Waals surface area contributed by atoms with Gasteiger partial charge >= 0.3 is 0 Å². The zero-order valence-electron chi connectivity index (χ0n) is 7.54. The zero-order valence-corrected chi connectivity index (χ0v) is 9.06. The Kier molecular flexibility index (Phi) is 4.59. The smallest absolute Gasteiger partial charge is 0.153 e. The Hall–Kier alpha value is -1.06. The fourth-order valence-corrected chi connectivity index (χ4v) is 1.03. The summed E-state index contributed by atoms with van der Waals surface area (Å²) < 4.78 is 18.1. The summed E-state index contributed by atoms with van der Waals surface area (Å²) in [5.41, 5.74) is -0.0477. The molecule has 0 spiro atoms. The quantitative estimate of drug-likeness (QED) is 0.765. The van der Waals surface area contributed by atoms with Gasteiger partial charge in [-0.2, -0.15) is 0 Å². The molecule has 15 heavy (non-hydrogen) atoms. The van der Waals surface area contributed by atoms with Crippen LogP contribution in [0.5, 0.6) is 5.75 Å². The fourth-order valence-electron chi connectivity index (χ4n) is 0.903. The highest BCUT2D eigenvalue weighted by molar-refractivity contribution is 6.55. The molecule has 0 saturated carbocycles. The van der Waals surface area contributed by atoms with E-state index in [4.69, 9.17) is 27.9 Å². The lowest BCUT2D eigenvalue weighted by molar-refractivity contribution is 0.111. The van der Waals surface area contributed by atoms with Crippen LogP contribution in [0.2, 0.25) is 0 Å². The van der Waals surface area contributed by atoms with Crippen molar-refractivity contribution >= 4 is 29.5 Å². The number of hydrogen-bond acceptors (Lipinski definition) is 2. The Morgan fingerprint density at radius 3 is 2.80 bits per heavy atom. The van der Waals surface area contributed by atoms with E-state index < -0.39 is 5.82 Å². The molecule has 1 aromatic carbocycles. The van der Waals surface area contributed by atoms with Crippen molar-refractivity contribution in [2.24, 2.45) is 0 Å². The van der Waals surface area contributed by atoms with Crippen molar-refractivity contribution in [2.75, 3.05) is 6.61 Å². The first-order valence-corrected chi connectivity index (χ1v) is 4.78. The van der Waals surface area contributed by atoms with Gasteiger partial charge in [0.1, 0.15) is 22.7 Å². The minimum Gasteiger partial charge on any atom is -0.489 e. The van der Waals surface area contributed by atoms with Crippen molar-refractivity contribution in [2.45, 2.75) is 0 Å². The van der Waals surface area contributed by atoms with Crippen LogP contribution in [-0.4, -0.2) is 12.9 Å². The van der Waals surface area contributed by atoms with Crippen LogP contribution in [0.1, 0.15) is 10.4 Å². The molecule has 0 aliphatic heterocycles. The summed E-state index contributed by atoms with van der Waals surface area (Å²) in [6.07, 6.45) is 1.86. The highest BCUT2D eigenvalue weighted by Gasteiger charge is 2.02. The first-order valence-electron chi connectivity index (χ1n) is 4.02. The van der Waals surface area contributed by atoms with Gasteiger partial charge in [-0.1, -0.05) is 23.2 Å². The van der Waals surface area contributed by atoms with Gasteiger partial charge < -0.3 is 4.74 Å². The van der Waals surface area contributed by atoms with E-state index in [0.717, 1.165) is 6.07 Å². The second-order valence-corrected chi connectivity index (χ2v) is 3.61. The Morgan fingerprint density at radius 2 is 2.20 bits per heavy atom. The summed E-state index contributed by atoms with van der Waals surface area (Å²) in [4.78, 5) is 10.4. The van der Waals surface area contributed by atoms with Crippen LogP contribution in [0.3, 0.4) is 0 Å². The maximum absolute atomic E-state index is 12.9. The molecule has 0 radical (unpaired) electrons. The van der Waals surface area contributed by atoms with Gasteiger partial charge in [0, 0.05) is 0 Å². The Morgan fingerprint density at radius 1 is 1.47 bits per heavy atom. The van der Waals surface area contributed by atoms with Gasteiger partial charge in [-0.25, -0.2) is 4.39 Å². The van der Waals surface area contributed by atoms with Gasteiger partial charge in [-0.05, 0) is 24.3 Å². The van der Waals surface area contributed by atoms with E-state index in [9.17, 15) is 9.18 Å². The number of ether oxygens (including phenoxy) is 1. The molecule has 0 heterocycles. The summed E-state index contributed by atoms with van der Waals surface area (Å²) in [5.74, 6) is -0.201. The van der Waals surface area contributed by atoms with E-state index in [1.807, 2.05) is 0 Å². The third-order valence-corrected chi connectivity index (χ3v) is 1.89. The van der Waals surface area contributed by atoms with E-state index in [2.05, 4.69) is 0 Å². The first-order chi connectivity index (χ1) is 7.13. The van der Waals surface area contributed by atoms with Gasteiger partial charge in [0.15, 0.2) is 6.29 Å². The lowest BCUT2D eigenvalue weighted by Gasteiger charge is -2.03. The highest BCUT2D eigenvalue weighted by atomic mass is 35.5. The molecular formula is C10H7Cl2FO2. The van der Waals surface area contributed by atoms with E-state index in [-0.39, 0.29) is 16.7 Å². The van der Waals surface area contributed by atoms with Crippen molar-refractivity contribution in [3.63, 3.8) is 0 Å². The van der Waals surface area contributed by atoms with Gasteiger partial charge in [0.25, 0.3) is 0 Å². The summed E-state index contributed by atoms with van der Waals surface area (Å²) in [6.45, 7) is 0.159. The fraction of sp³-hybridized carbons (Fsp3) is 0.100. The average molecular weight is 249 g/mol. The van der Waals surface area contributed by atoms with Crippen molar-refractivity contribution in [1.29, 1.82) is 0 Å². The SMILES string of the molecule is O=Cc1cc(OCC=C(Cl)Cl)ccc1F. The minimum absolute atomic E-state index is 0.0477. The van der Waals surface area contributed by atoms with Gasteiger partial charge in [-0.15, -0.1) is 0 Å². The van der Waals surface area contributed by atoms with Gasteiger partial charge in [0.05, 0.1) is 5.56 Å². The van der Waals surface area contributed by atoms with Crippen molar-refractivity contribution in [1.82, 2.24) is 0 Å². The third kappa shape index (κ3) is 3.90. The summed E-state index contributed by atoms with van der Waals surface area (Å²) >= 11 is 10.7. The molecule has 0 bridgehead atoms. The maximum Gasteiger partial charge on any atom is 0.153 e. The molecule has 80 valence electrons. The molecule has 0 unspecified atom stereocenters. The van der Waals surface area contributed by atoms with Crippen LogP contribution in [0, 0.1) is 5.82 Å². The summed E-state index contributed by atoms with van der Waals surface area (Å²) in [5, 5.41) is 0. The molecule has 0 atom stereocenters. The highest BCUT2D eigenvalue weighted by Crippen LogP contribution is 2.16. The number of halogens is 3. The summed E-state index contributed by atoms with van der Waals surface area (Å²) in [6, 6.07) is 3.88. The molecule has 2 nitrogen and oxygen atoms in total. The standard InChI is InChI=1S/C10H7Cl2FO2/c11-10(12)3-4-15-8-1-2-9(13)7(5-8)6-14/h1-3,5-6H,4H2. The van der Waals surface area contributed by atoms with Crippen molar-refractivity contribution in [3.05, 3.63) is 40.1 Å². The largest absolute Gasteiger partial charge is 0.489 e. The molecule has 0 N–H and O–H groups in total. The van der Waals surface area contributed by atoms with Crippen LogP contribution in [0.4, 0.5) is 4.39 Å². The van der Waals surface area contributed by atoms with Crippen molar-refractivity contribution in [3.8, 4) is 5.75 Å². The Balaban J connectivity index is 2.70. The van der Waals surface area contributed by atoms with Crippen LogP contribution < -0.4 is 4.74 Å². The van der Waals surface area contributed by atoms with Crippen LogP contribution >= 0.6 is 23.2 Å². The Labute approximate surface area is 96.2 Å². The monoisotopic (exact) mass is 248 g/mol. The summed E-state index contributed by atoms with van der Waals surface area (Å²) in [7, 11) is 0. The van der Waals surface area contributed by atoms with E-state index in [0.29, 0.717) is 12.0 Å². The molecule has 1 rings (SSSR count). The molecule has 0 saturated heterocycles. The molecule has 0 aromatic heterocycles. The van der Waals surface area contributed by atoms with Gasteiger partial charge in [-0.3, -0.25) is 4.79 Å². The van der Waals surface area contributed by atoms with E-state index in [1.165, 1.54) is 18.2 Å². The molecule has 1 aromatic rings. The van der Waals surface area contributed by atoms with Crippen LogP contribution in [-0.2, 0) is 0 Å². The zero-order chi connectivity index (χ0) is 11.3. The van der Waals surface area contributed by atoms with Crippen LogP contribution in [0.25, 0.3) is 0 Å². The topological polar surface area (TPSA) is 26.3 Å². The molecular weight excluding hydrogens is 242 g/mol. The molecule has 5 heteroatoms. The van der Waals surface area contributed by atoms with Crippen LogP contribution in [0.15, 0.2) is 28.8 Å². The number of carbonyl (C=O) groups excluding carboxylic acids is 1. The molecule has 0 aliphatic rings. The second-order valence-electron chi connectivity index (χ2n) is 2.61. The first kappa shape index (κ1) is 12.0. The predicted octanol–water partition coefficient (Wildman–Crippen LogP) is 3.34. The third-order valence-electron chi connectivity index (χ3n) is 1.58. The normalized spacial score (nSPS) is 9.53. The number of hydrogen-bond donors (Lipinski definition) is 0. The minimum atomic E-state index is -0.580. The number of aldehydes is 1. The molecule has 0 aliphatic carbocycles. The maximum atomic E-state index is 12.9. The van der Waals surface area contributed by atoms with Crippen molar-refractivity contribution < 1.29 is 13.9 Å². The molecule has 0 amide bonds. The number of benzene rings is 1. The molecule has 0 fully saturated rings. The average Bonchev–Trinajstić information content (AvgIpc) is 2.20. The van der Waals surface area contributed by atoms with Gasteiger partial charge in [0.2, 0.25) is 0 Å². The predicted molar refractivity (Wildman–Crippen MR) is 57.1 cm³/mol. The second kappa shape index (κ2) is 5.73. The number of carbonyl (C=O) groups is 1. The number of rotatable bonds is 4. The van der Waals surface area contributed by atoms with E-state index in [1.54, 1.807) is 0 Å². The lowest BCUT2D eigenvalue weighted by Crippen LogP contribution is -1.95. The van der Waals surface area contributed by atoms with E-state index >= 15 is 0 Å².